The maximum atomic E-state index is 7.70. The van der Waals surface area contributed by atoms with Gasteiger partial charge in [-0.15, -0.1) is 0 Å². The van der Waals surface area contributed by atoms with Gasteiger partial charge in [-0.25, -0.2) is 0 Å². The van der Waals surface area contributed by atoms with Crippen molar-refractivity contribution in [1.82, 2.24) is 0 Å². The number of allylic oxidation sites excluding steroid dienone is 2. The first-order valence-electron chi connectivity index (χ1n) is 18.5. The molecule has 6 atom stereocenters. The van der Waals surface area contributed by atoms with Gasteiger partial charge in [0.05, 0.1) is 14.2 Å². The summed E-state index contributed by atoms with van der Waals surface area (Å²) in [6.07, 6.45) is 14.0. The Morgan fingerprint density at radius 3 is 2.20 bits per heavy atom. The van der Waals surface area contributed by atoms with Crippen LogP contribution in [0.25, 0.3) is 5.76 Å². The number of piperidine rings is 1. The Bertz CT molecular complexity index is 1990. The molecular formula is C45H45NO3. The largest absolute Gasteiger partial charge is 0.497 e. The van der Waals surface area contributed by atoms with Gasteiger partial charge < -0.3 is 19.1 Å². The molecule has 1 spiro atoms. The molecule has 2 saturated carbocycles. The highest BCUT2D eigenvalue weighted by Crippen LogP contribution is 2.72. The maximum Gasteiger partial charge on any atom is 0.178 e. The van der Waals surface area contributed by atoms with E-state index in [1.807, 2.05) is 0 Å². The van der Waals surface area contributed by atoms with Crippen molar-refractivity contribution in [3.05, 3.63) is 142 Å². The van der Waals surface area contributed by atoms with Gasteiger partial charge in [0.15, 0.2) is 5.60 Å². The molecule has 6 aliphatic rings. The third kappa shape index (κ3) is 4.16. The van der Waals surface area contributed by atoms with Gasteiger partial charge in [0.2, 0.25) is 0 Å². The quantitative estimate of drug-likeness (QED) is 0.216. The molecule has 3 fully saturated rings. The van der Waals surface area contributed by atoms with E-state index in [0.29, 0.717) is 11.8 Å². The number of hydrogen-bond acceptors (Lipinski definition) is 4. The summed E-state index contributed by atoms with van der Waals surface area (Å²) in [5, 5.41) is 0. The monoisotopic (exact) mass is 647 g/mol. The highest BCUT2D eigenvalue weighted by atomic mass is 16.5. The third-order valence-corrected chi connectivity index (χ3v) is 13.3. The van der Waals surface area contributed by atoms with Crippen LogP contribution in [0.5, 0.6) is 11.5 Å². The molecule has 6 unspecified atom stereocenters. The van der Waals surface area contributed by atoms with Gasteiger partial charge in [-0.1, -0.05) is 67.1 Å². The SMILES string of the molecule is COc1ccc2c(c1)C1=C(C=CC(c3ccccc3)(c3ccc(N4CCCCC4)cc3)O1)C1C2c2ccc(OC)cc2C12CC1CCC2C1. The molecule has 2 aliphatic heterocycles. The molecule has 0 radical (unpaired) electrons. The minimum Gasteiger partial charge on any atom is -0.497 e. The second-order valence-electron chi connectivity index (χ2n) is 15.4. The predicted octanol–water partition coefficient (Wildman–Crippen LogP) is 9.77. The van der Waals surface area contributed by atoms with Gasteiger partial charge in [-0.05, 0) is 115 Å². The first-order valence-corrected chi connectivity index (χ1v) is 18.5. The van der Waals surface area contributed by atoms with Crippen molar-refractivity contribution in [3.8, 4) is 11.5 Å². The fraction of sp³-hybridized carbons (Fsp3) is 0.378. The van der Waals surface area contributed by atoms with E-state index in [1.165, 1.54) is 72.9 Å². The fourth-order valence-electron chi connectivity index (χ4n) is 11.2. The molecule has 0 N–H and O–H groups in total. The van der Waals surface area contributed by atoms with Crippen molar-refractivity contribution in [3.63, 3.8) is 0 Å². The molecule has 0 aromatic heterocycles. The summed E-state index contributed by atoms with van der Waals surface area (Å²) in [6.45, 7) is 2.27. The summed E-state index contributed by atoms with van der Waals surface area (Å²) in [4.78, 5) is 2.53. The second-order valence-corrected chi connectivity index (χ2v) is 15.4. The summed E-state index contributed by atoms with van der Waals surface area (Å²) >= 11 is 0. The normalized spacial score (nSPS) is 30.4. The lowest BCUT2D eigenvalue weighted by molar-refractivity contribution is 0.114. The minimum atomic E-state index is -0.760. The number of hydrogen-bond donors (Lipinski definition) is 0. The van der Waals surface area contributed by atoms with E-state index in [0.717, 1.165) is 53.0 Å². The highest BCUT2D eigenvalue weighted by Gasteiger charge is 2.64. The van der Waals surface area contributed by atoms with E-state index >= 15 is 0 Å². The Morgan fingerprint density at radius 2 is 1.49 bits per heavy atom. The molecule has 10 rings (SSSR count). The summed E-state index contributed by atoms with van der Waals surface area (Å²) in [7, 11) is 3.57. The van der Waals surface area contributed by atoms with Crippen LogP contribution in [0.1, 0.15) is 84.2 Å². The molecule has 4 heteroatoms. The summed E-state index contributed by atoms with van der Waals surface area (Å²) < 4.78 is 19.5. The molecule has 4 aromatic rings. The lowest BCUT2D eigenvalue weighted by Crippen LogP contribution is -2.42. The minimum absolute atomic E-state index is 0.0756. The Kier molecular flexibility index (Phi) is 6.64. The third-order valence-electron chi connectivity index (χ3n) is 13.3. The maximum absolute atomic E-state index is 7.70. The molecule has 248 valence electrons. The summed E-state index contributed by atoms with van der Waals surface area (Å²) in [5.74, 6) is 4.89. The smallest absolute Gasteiger partial charge is 0.178 e. The van der Waals surface area contributed by atoms with Crippen molar-refractivity contribution in [2.75, 3.05) is 32.2 Å². The first-order chi connectivity index (χ1) is 24.1. The number of rotatable bonds is 5. The molecular weight excluding hydrogens is 602 g/mol. The second kappa shape index (κ2) is 11.0. The van der Waals surface area contributed by atoms with Crippen LogP contribution >= 0.6 is 0 Å². The van der Waals surface area contributed by atoms with E-state index in [-0.39, 0.29) is 11.3 Å². The standard InChI is InChI=1S/C45H45NO3/c1-47-34-17-19-36-39(26-34)43-38(42-41(36)37-20-18-35(48-2)27-40(37)44(42)28-29-11-12-32(44)25-29)21-22-45(49-43,30-9-5-3-6-10-30)31-13-15-33(16-14-31)46-23-7-4-8-24-46/h3,5-6,9-10,13-22,26-27,29,32,41-42H,4,7-8,11-12,23-25,28H2,1-2H3. The average Bonchev–Trinajstić information content (AvgIpc) is 3.87. The van der Waals surface area contributed by atoms with Crippen LogP contribution < -0.4 is 14.4 Å². The Morgan fingerprint density at radius 1 is 0.755 bits per heavy atom. The number of benzene rings is 4. The van der Waals surface area contributed by atoms with Crippen molar-refractivity contribution >= 4 is 11.4 Å². The molecule has 4 nitrogen and oxygen atoms in total. The zero-order chi connectivity index (χ0) is 32.7. The zero-order valence-corrected chi connectivity index (χ0v) is 28.7. The van der Waals surface area contributed by atoms with Gasteiger partial charge in [-0.3, -0.25) is 0 Å². The molecule has 4 aromatic carbocycles. The van der Waals surface area contributed by atoms with Crippen molar-refractivity contribution in [2.24, 2.45) is 17.8 Å². The first kappa shape index (κ1) is 29.5. The van der Waals surface area contributed by atoms with Crippen LogP contribution in [-0.2, 0) is 15.8 Å². The zero-order valence-electron chi connectivity index (χ0n) is 28.7. The van der Waals surface area contributed by atoms with Gasteiger partial charge in [0.25, 0.3) is 0 Å². The van der Waals surface area contributed by atoms with E-state index in [1.54, 1.807) is 14.2 Å². The summed E-state index contributed by atoms with van der Waals surface area (Å²) in [5.41, 5.74) is 9.78. The fourth-order valence-corrected chi connectivity index (χ4v) is 11.2. The van der Waals surface area contributed by atoms with Gasteiger partial charge in [0, 0.05) is 52.7 Å². The van der Waals surface area contributed by atoms with Crippen LogP contribution in [0.2, 0.25) is 0 Å². The number of methoxy groups -OCH3 is 2. The van der Waals surface area contributed by atoms with Crippen molar-refractivity contribution in [1.29, 1.82) is 0 Å². The van der Waals surface area contributed by atoms with Crippen LogP contribution in [-0.4, -0.2) is 27.3 Å². The average molecular weight is 648 g/mol. The van der Waals surface area contributed by atoms with Crippen LogP contribution in [0, 0.1) is 17.8 Å². The molecule has 0 amide bonds. The van der Waals surface area contributed by atoms with Gasteiger partial charge >= 0.3 is 0 Å². The molecule has 2 heterocycles. The topological polar surface area (TPSA) is 30.9 Å². The molecule has 1 saturated heterocycles. The van der Waals surface area contributed by atoms with E-state index in [2.05, 4.69) is 108 Å². The van der Waals surface area contributed by atoms with E-state index in [9.17, 15) is 0 Å². The Hall–Kier alpha value is -4.44. The highest BCUT2D eigenvalue weighted by molar-refractivity contribution is 5.79. The number of ether oxygens (including phenoxy) is 3. The van der Waals surface area contributed by atoms with Gasteiger partial charge in [0.1, 0.15) is 17.3 Å². The number of anilines is 1. The lowest BCUT2D eigenvalue weighted by atomic mass is 9.58. The van der Waals surface area contributed by atoms with E-state index < -0.39 is 5.60 Å². The molecule has 49 heavy (non-hydrogen) atoms. The van der Waals surface area contributed by atoms with Crippen molar-refractivity contribution in [2.45, 2.75) is 61.9 Å². The summed E-state index contributed by atoms with van der Waals surface area (Å²) in [6, 6.07) is 33.7. The van der Waals surface area contributed by atoms with Crippen LogP contribution in [0.4, 0.5) is 5.69 Å². The van der Waals surface area contributed by atoms with Crippen LogP contribution in [0.3, 0.4) is 0 Å². The molecule has 2 bridgehead atoms. The van der Waals surface area contributed by atoms with Crippen molar-refractivity contribution < 1.29 is 14.2 Å². The van der Waals surface area contributed by atoms with Crippen LogP contribution in [0.15, 0.2) is 109 Å². The Balaban J connectivity index is 1.17. The van der Waals surface area contributed by atoms with Gasteiger partial charge in [-0.2, -0.15) is 0 Å². The number of fused-ring (bicyclic) bond motifs is 12. The predicted molar refractivity (Wildman–Crippen MR) is 195 cm³/mol. The Labute approximate surface area is 290 Å². The number of nitrogens with zero attached hydrogens (tertiary/aromatic N) is 1. The molecule has 4 aliphatic carbocycles. The van der Waals surface area contributed by atoms with E-state index in [4.69, 9.17) is 14.2 Å². The lowest BCUT2D eigenvalue weighted by Gasteiger charge is -2.48.